The number of carboxylic acids is 1. The van der Waals surface area contributed by atoms with Crippen LogP contribution in [0.1, 0.15) is 29.6 Å². The third kappa shape index (κ3) is 6.90. The van der Waals surface area contributed by atoms with Gasteiger partial charge in [-0.2, -0.15) is 0 Å². The minimum Gasteiger partial charge on any atom is -0.480 e. The van der Waals surface area contributed by atoms with Gasteiger partial charge in [-0.25, -0.2) is 0 Å². The van der Waals surface area contributed by atoms with Crippen molar-refractivity contribution in [3.63, 3.8) is 0 Å². The fourth-order valence-corrected chi connectivity index (χ4v) is 2.35. The second-order valence-corrected chi connectivity index (χ2v) is 5.63. The maximum atomic E-state index is 11.9. The van der Waals surface area contributed by atoms with Gasteiger partial charge in [0.25, 0.3) is 5.91 Å². The summed E-state index contributed by atoms with van der Waals surface area (Å²) < 4.78 is 10.9. The van der Waals surface area contributed by atoms with E-state index in [1.165, 1.54) is 12.1 Å². The van der Waals surface area contributed by atoms with Gasteiger partial charge in [0.2, 0.25) is 5.91 Å². The Kier molecular flexibility index (Phi) is 7.36. The molecule has 1 saturated heterocycles. The Balaban J connectivity index is 1.71. The van der Waals surface area contributed by atoms with E-state index >= 15 is 0 Å². The molecule has 0 radical (unpaired) electrons. The number of nitrogens with one attached hydrogen (secondary N) is 2. The Morgan fingerprint density at radius 3 is 2.48 bits per heavy atom. The molecule has 2 rings (SSSR count). The Hall–Kier alpha value is -2.45. The van der Waals surface area contributed by atoms with Crippen molar-refractivity contribution in [1.82, 2.24) is 5.32 Å². The van der Waals surface area contributed by atoms with Crippen LogP contribution in [0.4, 0.5) is 5.69 Å². The summed E-state index contributed by atoms with van der Waals surface area (Å²) in [4.78, 5) is 34.0. The van der Waals surface area contributed by atoms with Gasteiger partial charge in [-0.15, -0.1) is 0 Å². The highest BCUT2D eigenvalue weighted by Crippen LogP contribution is 2.12. The number of carbonyl (C=O) groups is 3. The fourth-order valence-electron chi connectivity index (χ4n) is 2.35. The van der Waals surface area contributed by atoms with Gasteiger partial charge in [0.05, 0.1) is 19.1 Å². The number of carboxylic acid groups (broad SMARTS) is 1. The molecule has 0 aliphatic carbocycles. The SMILES string of the molecule is O=C(O)CNC(=O)c1ccc(NC(=O)CCOC2CCOCC2)cc1. The summed E-state index contributed by atoms with van der Waals surface area (Å²) in [6.45, 7) is 1.31. The molecule has 1 aromatic carbocycles. The summed E-state index contributed by atoms with van der Waals surface area (Å²) in [5.74, 6) is -1.76. The van der Waals surface area contributed by atoms with Crippen LogP contribution in [0.15, 0.2) is 24.3 Å². The molecule has 1 aliphatic heterocycles. The van der Waals surface area contributed by atoms with Crippen LogP contribution in [0, 0.1) is 0 Å². The number of ether oxygens (including phenoxy) is 2. The third-order valence-electron chi connectivity index (χ3n) is 3.68. The smallest absolute Gasteiger partial charge is 0.322 e. The zero-order valence-electron chi connectivity index (χ0n) is 13.8. The number of hydrogen-bond acceptors (Lipinski definition) is 5. The van der Waals surface area contributed by atoms with Crippen LogP contribution in [0.5, 0.6) is 0 Å². The van der Waals surface area contributed by atoms with Gasteiger partial charge in [0.15, 0.2) is 0 Å². The van der Waals surface area contributed by atoms with E-state index in [0.29, 0.717) is 31.1 Å². The van der Waals surface area contributed by atoms with E-state index in [9.17, 15) is 14.4 Å². The van der Waals surface area contributed by atoms with Gasteiger partial charge in [0.1, 0.15) is 6.54 Å². The lowest BCUT2D eigenvalue weighted by molar-refractivity contribution is -0.135. The van der Waals surface area contributed by atoms with Gasteiger partial charge in [0, 0.05) is 24.5 Å². The molecule has 3 N–H and O–H groups in total. The predicted molar refractivity (Wildman–Crippen MR) is 89.5 cm³/mol. The monoisotopic (exact) mass is 350 g/mol. The van der Waals surface area contributed by atoms with Crippen molar-refractivity contribution in [2.45, 2.75) is 25.4 Å². The molecule has 1 aromatic rings. The molecule has 0 bridgehead atoms. The van der Waals surface area contributed by atoms with Crippen LogP contribution in [-0.4, -0.2) is 55.4 Å². The Morgan fingerprint density at radius 2 is 1.84 bits per heavy atom. The number of rotatable bonds is 8. The van der Waals surface area contributed by atoms with E-state index in [4.69, 9.17) is 14.6 Å². The number of carbonyl (C=O) groups excluding carboxylic acids is 2. The third-order valence-corrected chi connectivity index (χ3v) is 3.68. The molecule has 0 spiro atoms. The van der Waals surface area contributed by atoms with E-state index in [0.717, 1.165) is 12.8 Å². The van der Waals surface area contributed by atoms with Crippen molar-refractivity contribution in [2.75, 3.05) is 31.7 Å². The first-order chi connectivity index (χ1) is 12.0. The van der Waals surface area contributed by atoms with Gasteiger partial charge >= 0.3 is 5.97 Å². The maximum Gasteiger partial charge on any atom is 0.322 e. The lowest BCUT2D eigenvalue weighted by Gasteiger charge is -2.22. The summed E-state index contributed by atoms with van der Waals surface area (Å²) in [5.41, 5.74) is 0.882. The van der Waals surface area contributed by atoms with E-state index < -0.39 is 18.4 Å². The number of benzene rings is 1. The van der Waals surface area contributed by atoms with Crippen molar-refractivity contribution < 1.29 is 29.0 Å². The quantitative estimate of drug-likeness (QED) is 0.645. The highest BCUT2D eigenvalue weighted by molar-refractivity contribution is 5.97. The van der Waals surface area contributed by atoms with Crippen molar-refractivity contribution in [3.05, 3.63) is 29.8 Å². The van der Waals surface area contributed by atoms with Crippen LogP contribution in [0.25, 0.3) is 0 Å². The van der Waals surface area contributed by atoms with Crippen LogP contribution in [0.2, 0.25) is 0 Å². The highest BCUT2D eigenvalue weighted by atomic mass is 16.5. The van der Waals surface area contributed by atoms with Gasteiger partial charge in [-0.3, -0.25) is 14.4 Å². The Morgan fingerprint density at radius 1 is 1.16 bits per heavy atom. The van der Waals surface area contributed by atoms with Gasteiger partial charge in [-0.05, 0) is 37.1 Å². The van der Waals surface area contributed by atoms with Crippen LogP contribution >= 0.6 is 0 Å². The summed E-state index contributed by atoms with van der Waals surface area (Å²) in [5, 5.41) is 13.5. The molecule has 136 valence electrons. The average Bonchev–Trinajstić information content (AvgIpc) is 2.61. The molecule has 0 unspecified atom stereocenters. The zero-order chi connectivity index (χ0) is 18.1. The lowest BCUT2D eigenvalue weighted by Crippen LogP contribution is -2.29. The van der Waals surface area contributed by atoms with Crippen LogP contribution < -0.4 is 10.6 Å². The maximum absolute atomic E-state index is 11.9. The first-order valence-corrected chi connectivity index (χ1v) is 8.14. The number of hydrogen-bond donors (Lipinski definition) is 3. The normalized spacial score (nSPS) is 14.7. The molecular formula is C17H22N2O6. The lowest BCUT2D eigenvalue weighted by atomic mass is 10.1. The molecule has 0 atom stereocenters. The van der Waals surface area contributed by atoms with Crippen LogP contribution in [-0.2, 0) is 19.1 Å². The highest BCUT2D eigenvalue weighted by Gasteiger charge is 2.14. The second kappa shape index (κ2) is 9.75. The Bertz CT molecular complexity index is 596. The fraction of sp³-hybridized carbons (Fsp3) is 0.471. The van der Waals surface area contributed by atoms with Crippen molar-refractivity contribution >= 4 is 23.5 Å². The molecule has 25 heavy (non-hydrogen) atoms. The molecule has 1 fully saturated rings. The van der Waals surface area contributed by atoms with Gasteiger partial charge in [-0.1, -0.05) is 0 Å². The summed E-state index contributed by atoms with van der Waals surface area (Å²) in [7, 11) is 0. The number of anilines is 1. The second-order valence-electron chi connectivity index (χ2n) is 5.63. The Labute approximate surface area is 145 Å². The summed E-state index contributed by atoms with van der Waals surface area (Å²) in [6, 6.07) is 6.22. The molecule has 1 heterocycles. The molecule has 2 amide bonds. The molecule has 8 heteroatoms. The van der Waals surface area contributed by atoms with Crippen LogP contribution in [0.3, 0.4) is 0 Å². The topological polar surface area (TPSA) is 114 Å². The first kappa shape index (κ1) is 18.9. The summed E-state index contributed by atoms with van der Waals surface area (Å²) >= 11 is 0. The summed E-state index contributed by atoms with van der Waals surface area (Å²) in [6.07, 6.45) is 2.11. The molecule has 8 nitrogen and oxygen atoms in total. The molecule has 0 saturated carbocycles. The van der Waals surface area contributed by atoms with E-state index in [1.54, 1.807) is 12.1 Å². The number of amides is 2. The van der Waals surface area contributed by atoms with Gasteiger partial charge < -0.3 is 25.2 Å². The predicted octanol–water partition coefficient (Wildman–Crippen LogP) is 1.03. The van der Waals surface area contributed by atoms with E-state index in [1.807, 2.05) is 0 Å². The first-order valence-electron chi connectivity index (χ1n) is 8.14. The molecule has 0 aromatic heterocycles. The minimum atomic E-state index is -1.11. The molecular weight excluding hydrogens is 328 g/mol. The van der Waals surface area contributed by atoms with Crippen molar-refractivity contribution in [1.29, 1.82) is 0 Å². The van der Waals surface area contributed by atoms with E-state index in [2.05, 4.69) is 10.6 Å². The van der Waals surface area contributed by atoms with Crippen molar-refractivity contribution in [3.8, 4) is 0 Å². The minimum absolute atomic E-state index is 0.158. The largest absolute Gasteiger partial charge is 0.480 e. The van der Waals surface area contributed by atoms with E-state index in [-0.39, 0.29) is 18.4 Å². The average molecular weight is 350 g/mol. The standard InChI is InChI=1S/C17H22N2O6/c20-15(7-10-25-14-5-8-24-9-6-14)19-13-3-1-12(2-4-13)17(23)18-11-16(21)22/h1-4,14H,5-11H2,(H,18,23)(H,19,20)(H,21,22). The molecule has 1 aliphatic rings. The zero-order valence-corrected chi connectivity index (χ0v) is 13.8. The van der Waals surface area contributed by atoms with Crippen molar-refractivity contribution in [2.24, 2.45) is 0 Å². The number of aliphatic carboxylic acids is 1.